The molecule has 0 spiro atoms. The van der Waals surface area contributed by atoms with Crippen LogP contribution in [0.2, 0.25) is 0 Å². The van der Waals surface area contributed by atoms with E-state index in [1.807, 2.05) is 0 Å². The van der Waals surface area contributed by atoms with E-state index in [-0.39, 0.29) is 17.3 Å². The van der Waals surface area contributed by atoms with E-state index in [1.165, 1.54) is 77.5 Å². The number of rotatable bonds is 4. The Morgan fingerprint density at radius 2 is 1.02 bits per heavy atom. The number of nitrogens with one attached hydrogen (secondary N) is 2. The Morgan fingerprint density at radius 3 is 1.47 bits per heavy atom. The van der Waals surface area contributed by atoms with Crippen molar-refractivity contribution in [3.63, 3.8) is 0 Å². The quantitative estimate of drug-likeness (QED) is 0.185. The molecule has 0 radical (unpaired) electrons. The fourth-order valence-corrected chi connectivity index (χ4v) is 9.43. The average molecular weight is 689 g/mol. The van der Waals surface area contributed by atoms with Crippen molar-refractivity contribution in [2.75, 3.05) is 0 Å². The Labute approximate surface area is 269 Å². The van der Waals surface area contributed by atoms with Crippen molar-refractivity contribution in [3.8, 4) is 22.3 Å². The summed E-state index contributed by atoms with van der Waals surface area (Å²) in [5, 5.41) is 2.51. The second-order valence-corrected chi connectivity index (χ2v) is 14.6. The van der Waals surface area contributed by atoms with Crippen LogP contribution >= 0.6 is 31.9 Å². The molecule has 0 bridgehead atoms. The molecule has 0 saturated carbocycles. The fourth-order valence-electron chi connectivity index (χ4n) is 8.25. The highest BCUT2D eigenvalue weighted by Gasteiger charge is 2.46. The largest absolute Gasteiger partial charge is 0.361 e. The first kappa shape index (κ1) is 27.0. The van der Waals surface area contributed by atoms with Gasteiger partial charge in [0.05, 0.1) is 0 Å². The van der Waals surface area contributed by atoms with Crippen LogP contribution in [0.4, 0.5) is 0 Å². The molecule has 212 valence electrons. The van der Waals surface area contributed by atoms with Crippen LogP contribution < -0.4 is 0 Å². The van der Waals surface area contributed by atoms with Crippen LogP contribution in [0.3, 0.4) is 0 Å². The van der Waals surface area contributed by atoms with E-state index in [0.29, 0.717) is 0 Å². The van der Waals surface area contributed by atoms with Crippen molar-refractivity contribution in [3.05, 3.63) is 128 Å². The highest BCUT2D eigenvalue weighted by Crippen LogP contribution is 2.60. The van der Waals surface area contributed by atoms with Crippen LogP contribution in [0.5, 0.6) is 0 Å². The highest BCUT2D eigenvalue weighted by molar-refractivity contribution is 9.10. The molecule has 0 amide bonds. The van der Waals surface area contributed by atoms with E-state index in [0.717, 1.165) is 8.95 Å². The lowest BCUT2D eigenvalue weighted by atomic mass is 9.62. The van der Waals surface area contributed by atoms with Crippen molar-refractivity contribution in [1.29, 1.82) is 0 Å². The van der Waals surface area contributed by atoms with Gasteiger partial charge >= 0.3 is 0 Å². The lowest BCUT2D eigenvalue weighted by molar-refractivity contribution is 0.275. The van der Waals surface area contributed by atoms with Gasteiger partial charge in [0.1, 0.15) is 0 Å². The maximum absolute atomic E-state index is 3.98. The first-order valence-electron chi connectivity index (χ1n) is 14.9. The molecule has 0 aliphatic heterocycles. The molecule has 2 heterocycles. The number of fused-ring (bicyclic) bond motifs is 4. The standard InChI is InChI=1S/C39H32Br2N2/c1-21-13-27-29(15-23(17-33(27)40)31-19-42-35-11-7-5-9-25(31)35)37(21)39(3,4)38-22(2)14-28-30(38)16-24(18-34(28)41)32-20-43-36-12-8-6-10-26(32)36/h5-20,37-38,42-43H,1-4H3. The molecule has 4 aromatic carbocycles. The summed E-state index contributed by atoms with van der Waals surface area (Å²) in [6, 6.07) is 26.6. The zero-order chi connectivity index (χ0) is 29.6. The van der Waals surface area contributed by atoms with Crippen LogP contribution in [-0.4, -0.2) is 9.97 Å². The Morgan fingerprint density at radius 1 is 0.605 bits per heavy atom. The van der Waals surface area contributed by atoms with Gasteiger partial charge < -0.3 is 9.97 Å². The number of hydrogen-bond donors (Lipinski definition) is 2. The van der Waals surface area contributed by atoms with Gasteiger partial charge in [-0.15, -0.1) is 0 Å². The van der Waals surface area contributed by atoms with Crippen molar-refractivity contribution < 1.29 is 0 Å². The third-order valence-corrected chi connectivity index (χ3v) is 11.2. The topological polar surface area (TPSA) is 31.6 Å². The monoisotopic (exact) mass is 686 g/mol. The van der Waals surface area contributed by atoms with Gasteiger partial charge in [-0.3, -0.25) is 0 Å². The second-order valence-electron chi connectivity index (χ2n) is 12.9. The Kier molecular flexibility index (Phi) is 6.09. The van der Waals surface area contributed by atoms with E-state index < -0.39 is 0 Å². The molecule has 6 aromatic rings. The zero-order valence-corrected chi connectivity index (χ0v) is 27.8. The maximum Gasteiger partial charge on any atom is 0.0460 e. The summed E-state index contributed by atoms with van der Waals surface area (Å²) in [6.07, 6.45) is 9.10. The van der Waals surface area contributed by atoms with Crippen molar-refractivity contribution >= 4 is 65.8 Å². The number of H-pyrrole nitrogens is 2. The smallest absolute Gasteiger partial charge is 0.0460 e. The van der Waals surface area contributed by atoms with Gasteiger partial charge in [0.2, 0.25) is 0 Å². The van der Waals surface area contributed by atoms with E-state index in [2.05, 4.69) is 167 Å². The number of benzene rings is 4. The number of aromatic nitrogens is 2. The molecular weight excluding hydrogens is 656 g/mol. The van der Waals surface area contributed by atoms with Crippen LogP contribution in [0, 0.1) is 5.41 Å². The summed E-state index contributed by atoms with van der Waals surface area (Å²) < 4.78 is 2.32. The van der Waals surface area contributed by atoms with E-state index >= 15 is 0 Å². The van der Waals surface area contributed by atoms with Crippen LogP contribution in [-0.2, 0) is 0 Å². The third-order valence-electron chi connectivity index (χ3n) is 9.89. The van der Waals surface area contributed by atoms with Crippen LogP contribution in [0.1, 0.15) is 61.8 Å². The predicted molar refractivity (Wildman–Crippen MR) is 189 cm³/mol. The predicted octanol–water partition coefficient (Wildman–Crippen LogP) is 12.2. The van der Waals surface area contributed by atoms with Crippen molar-refractivity contribution in [1.82, 2.24) is 9.97 Å². The Balaban J connectivity index is 1.26. The summed E-state index contributed by atoms with van der Waals surface area (Å²) in [7, 11) is 0. The third kappa shape index (κ3) is 4.03. The molecule has 2 aliphatic rings. The van der Waals surface area contributed by atoms with Crippen molar-refractivity contribution in [2.24, 2.45) is 5.41 Å². The van der Waals surface area contributed by atoms with Crippen LogP contribution in [0.25, 0.3) is 56.2 Å². The fraction of sp³-hybridized carbons (Fsp3) is 0.179. The summed E-state index contributed by atoms with van der Waals surface area (Å²) in [4.78, 5) is 6.95. The summed E-state index contributed by atoms with van der Waals surface area (Å²) in [5.74, 6) is 0.553. The normalized spacial score (nSPS) is 17.8. The van der Waals surface area contributed by atoms with E-state index in [1.54, 1.807) is 0 Å². The molecule has 2 nitrogen and oxygen atoms in total. The maximum atomic E-state index is 3.98. The van der Waals surface area contributed by atoms with Gasteiger partial charge in [-0.25, -0.2) is 0 Å². The number of hydrogen-bond acceptors (Lipinski definition) is 0. The minimum absolute atomic E-state index is 0.0752. The summed E-state index contributed by atoms with van der Waals surface area (Å²) in [6.45, 7) is 9.58. The van der Waals surface area contributed by atoms with Gasteiger partial charge in [-0.05, 0) is 89.0 Å². The molecule has 0 fully saturated rings. The molecule has 4 heteroatoms. The summed E-state index contributed by atoms with van der Waals surface area (Å²) in [5.41, 5.74) is 15.5. The van der Waals surface area contributed by atoms with E-state index in [4.69, 9.17) is 0 Å². The Bertz CT molecular complexity index is 2020. The average Bonchev–Trinajstić information content (AvgIpc) is 3.75. The minimum atomic E-state index is -0.0752. The number of para-hydroxylation sites is 2. The lowest BCUT2D eigenvalue weighted by Gasteiger charge is -2.41. The Hall–Kier alpha value is -3.60. The van der Waals surface area contributed by atoms with Gasteiger partial charge in [-0.1, -0.05) is 105 Å². The second kappa shape index (κ2) is 9.70. The van der Waals surface area contributed by atoms with Gasteiger partial charge in [0.25, 0.3) is 0 Å². The van der Waals surface area contributed by atoms with E-state index in [9.17, 15) is 0 Å². The molecule has 2 atom stereocenters. The number of aromatic amines is 2. The zero-order valence-electron chi connectivity index (χ0n) is 24.6. The molecule has 2 unspecified atom stereocenters. The molecular formula is C39H32Br2N2. The first-order valence-corrected chi connectivity index (χ1v) is 16.5. The molecule has 2 aliphatic carbocycles. The lowest BCUT2D eigenvalue weighted by Crippen LogP contribution is -2.30. The number of allylic oxidation sites excluding steroid dienone is 2. The highest BCUT2D eigenvalue weighted by atomic mass is 79.9. The first-order chi connectivity index (χ1) is 20.7. The molecule has 2 aromatic heterocycles. The molecule has 0 saturated heterocycles. The molecule has 43 heavy (non-hydrogen) atoms. The molecule has 2 N–H and O–H groups in total. The minimum Gasteiger partial charge on any atom is -0.361 e. The van der Waals surface area contributed by atoms with Crippen LogP contribution in [0.15, 0.2) is 105 Å². The SMILES string of the molecule is CC1=Cc2c(Br)cc(-c3c[nH]c4ccccc34)cc2C1C(C)(C)C1C(C)=Cc2c(Br)cc(-c3c[nH]c4ccccc34)cc21. The van der Waals surface area contributed by atoms with Gasteiger partial charge in [-0.2, -0.15) is 0 Å². The molecule has 8 rings (SSSR count). The van der Waals surface area contributed by atoms with Gasteiger partial charge in [0, 0.05) is 66.1 Å². The summed E-state index contributed by atoms with van der Waals surface area (Å²) >= 11 is 7.95. The van der Waals surface area contributed by atoms with Gasteiger partial charge in [0.15, 0.2) is 0 Å². The number of halogens is 2. The van der Waals surface area contributed by atoms with Crippen molar-refractivity contribution in [2.45, 2.75) is 39.5 Å².